The number of aryl methyl sites for hydroxylation is 1. The molecule has 136 valence electrons. The molecule has 1 saturated heterocycles. The summed E-state index contributed by atoms with van der Waals surface area (Å²) in [5.41, 5.74) is 1.19. The molecule has 0 aliphatic carbocycles. The van der Waals surface area contributed by atoms with E-state index in [0.29, 0.717) is 24.3 Å². The van der Waals surface area contributed by atoms with E-state index >= 15 is 0 Å². The molecule has 0 aromatic heterocycles. The first-order chi connectivity index (χ1) is 10.9. The maximum Gasteiger partial charge on any atom is 0.243 e. The van der Waals surface area contributed by atoms with Gasteiger partial charge in [0.05, 0.1) is 10.9 Å². The number of carbonyl (C=O) groups is 1. The molecule has 1 fully saturated rings. The van der Waals surface area contributed by atoms with Crippen molar-refractivity contribution in [3.8, 4) is 0 Å². The third-order valence-corrected chi connectivity index (χ3v) is 6.35. The van der Waals surface area contributed by atoms with E-state index in [-0.39, 0.29) is 29.3 Å². The first-order valence-corrected chi connectivity index (χ1v) is 9.49. The average Bonchev–Trinajstić information content (AvgIpc) is 3.04. The van der Waals surface area contributed by atoms with Crippen LogP contribution in [0.15, 0.2) is 23.1 Å². The van der Waals surface area contributed by atoms with Crippen molar-refractivity contribution in [3.05, 3.63) is 23.8 Å². The molecule has 2 N–H and O–H groups in total. The van der Waals surface area contributed by atoms with E-state index in [2.05, 4.69) is 10.6 Å². The summed E-state index contributed by atoms with van der Waals surface area (Å²) < 4.78 is 26.8. The van der Waals surface area contributed by atoms with Gasteiger partial charge < -0.3 is 10.6 Å². The second-order valence-corrected chi connectivity index (χ2v) is 7.61. The number of sulfonamides is 1. The molecule has 6 nitrogen and oxygen atoms in total. The highest BCUT2D eigenvalue weighted by Gasteiger charge is 2.25. The van der Waals surface area contributed by atoms with Gasteiger partial charge in [0.2, 0.25) is 15.9 Å². The van der Waals surface area contributed by atoms with E-state index in [1.807, 2.05) is 13.8 Å². The van der Waals surface area contributed by atoms with Crippen LogP contribution in [0.5, 0.6) is 0 Å². The highest BCUT2D eigenvalue weighted by Crippen LogP contribution is 2.24. The van der Waals surface area contributed by atoms with Crippen molar-refractivity contribution in [2.24, 2.45) is 0 Å². The van der Waals surface area contributed by atoms with Gasteiger partial charge in [0.25, 0.3) is 0 Å². The Labute approximate surface area is 150 Å². The Kier molecular flexibility index (Phi) is 7.66. The predicted molar refractivity (Wildman–Crippen MR) is 98.2 cm³/mol. The molecule has 1 aromatic carbocycles. The molecular formula is C16H26ClN3O3S. The van der Waals surface area contributed by atoms with Crippen molar-refractivity contribution in [3.63, 3.8) is 0 Å². The third kappa shape index (κ3) is 4.47. The van der Waals surface area contributed by atoms with Crippen LogP contribution >= 0.6 is 12.4 Å². The van der Waals surface area contributed by atoms with E-state index in [4.69, 9.17) is 0 Å². The lowest BCUT2D eigenvalue weighted by atomic mass is 10.2. The van der Waals surface area contributed by atoms with Crippen molar-refractivity contribution < 1.29 is 13.2 Å². The standard InChI is InChI=1S/C16H25N3O3S.ClH/c1-4-19(5-2)23(21,22)15-11-13(9-8-12(15)3)18-16(20)14-7-6-10-17-14;/h8-9,11,14,17H,4-7,10H2,1-3H3,(H,18,20);1H. The maximum atomic E-state index is 12.7. The van der Waals surface area contributed by atoms with Crippen LogP contribution in [0.3, 0.4) is 0 Å². The predicted octanol–water partition coefficient (Wildman–Crippen LogP) is 2.14. The normalized spacial score (nSPS) is 17.6. The molecule has 0 saturated carbocycles. The number of rotatable bonds is 6. The second-order valence-electron chi connectivity index (χ2n) is 5.71. The number of hydrogen-bond acceptors (Lipinski definition) is 4. The van der Waals surface area contributed by atoms with E-state index in [0.717, 1.165) is 19.4 Å². The molecule has 2 rings (SSSR count). The van der Waals surface area contributed by atoms with Gasteiger partial charge in [0, 0.05) is 18.8 Å². The lowest BCUT2D eigenvalue weighted by Gasteiger charge is -2.20. The van der Waals surface area contributed by atoms with Gasteiger partial charge >= 0.3 is 0 Å². The van der Waals surface area contributed by atoms with E-state index in [1.165, 1.54) is 4.31 Å². The molecule has 0 radical (unpaired) electrons. The lowest BCUT2D eigenvalue weighted by molar-refractivity contribution is -0.117. The summed E-state index contributed by atoms with van der Waals surface area (Å²) in [5.74, 6) is -0.113. The van der Waals surface area contributed by atoms with Gasteiger partial charge in [-0.1, -0.05) is 19.9 Å². The Hall–Kier alpha value is -1.15. The second kappa shape index (κ2) is 8.80. The number of anilines is 1. The number of benzene rings is 1. The summed E-state index contributed by atoms with van der Waals surface area (Å²) in [6, 6.07) is 4.83. The highest BCUT2D eigenvalue weighted by molar-refractivity contribution is 7.89. The molecule has 24 heavy (non-hydrogen) atoms. The molecule has 8 heteroatoms. The largest absolute Gasteiger partial charge is 0.325 e. The minimum absolute atomic E-state index is 0. The van der Waals surface area contributed by atoms with Crippen LogP contribution in [0, 0.1) is 6.92 Å². The third-order valence-electron chi connectivity index (χ3n) is 4.16. The Morgan fingerprint density at radius 1 is 1.33 bits per heavy atom. The zero-order chi connectivity index (χ0) is 17.0. The quantitative estimate of drug-likeness (QED) is 0.798. The zero-order valence-electron chi connectivity index (χ0n) is 14.3. The van der Waals surface area contributed by atoms with E-state index in [9.17, 15) is 13.2 Å². The SMILES string of the molecule is CCN(CC)S(=O)(=O)c1cc(NC(=O)C2CCCN2)ccc1C.Cl. The van der Waals surface area contributed by atoms with Crippen molar-refractivity contribution in [2.75, 3.05) is 25.0 Å². The summed E-state index contributed by atoms with van der Waals surface area (Å²) in [6.45, 7) is 7.07. The Morgan fingerprint density at radius 2 is 2.00 bits per heavy atom. The molecule has 1 aliphatic rings. The molecule has 1 atom stereocenters. The lowest BCUT2D eigenvalue weighted by Crippen LogP contribution is -2.35. The first-order valence-electron chi connectivity index (χ1n) is 8.05. The fourth-order valence-electron chi connectivity index (χ4n) is 2.80. The summed E-state index contributed by atoms with van der Waals surface area (Å²) in [4.78, 5) is 12.4. The van der Waals surface area contributed by atoms with Crippen LogP contribution in [-0.4, -0.2) is 44.3 Å². The fourth-order valence-corrected chi connectivity index (χ4v) is 4.50. The van der Waals surface area contributed by atoms with Gasteiger partial charge in [-0.15, -0.1) is 12.4 Å². The van der Waals surface area contributed by atoms with Crippen molar-refractivity contribution in [1.82, 2.24) is 9.62 Å². The van der Waals surface area contributed by atoms with Gasteiger partial charge in [-0.25, -0.2) is 8.42 Å². The first kappa shape index (κ1) is 20.9. The van der Waals surface area contributed by atoms with Crippen molar-refractivity contribution >= 4 is 34.0 Å². The molecule has 1 amide bonds. The number of nitrogens with zero attached hydrogens (tertiary/aromatic N) is 1. The van der Waals surface area contributed by atoms with Crippen LogP contribution in [0.2, 0.25) is 0 Å². The Morgan fingerprint density at radius 3 is 2.54 bits per heavy atom. The summed E-state index contributed by atoms with van der Waals surface area (Å²) in [5, 5.41) is 5.94. The van der Waals surface area contributed by atoms with Gasteiger partial charge in [-0.3, -0.25) is 4.79 Å². The maximum absolute atomic E-state index is 12.7. The Bertz CT molecular complexity index is 669. The summed E-state index contributed by atoms with van der Waals surface area (Å²) >= 11 is 0. The smallest absolute Gasteiger partial charge is 0.243 e. The van der Waals surface area contributed by atoms with Crippen LogP contribution in [-0.2, 0) is 14.8 Å². The van der Waals surface area contributed by atoms with E-state index < -0.39 is 10.0 Å². The number of hydrogen-bond donors (Lipinski definition) is 2. The molecule has 1 aromatic rings. The monoisotopic (exact) mass is 375 g/mol. The highest BCUT2D eigenvalue weighted by atomic mass is 35.5. The zero-order valence-corrected chi connectivity index (χ0v) is 16.0. The van der Waals surface area contributed by atoms with Crippen molar-refractivity contribution in [1.29, 1.82) is 0 Å². The number of halogens is 1. The van der Waals surface area contributed by atoms with Crippen LogP contribution in [0.25, 0.3) is 0 Å². The van der Waals surface area contributed by atoms with Gasteiger partial charge in [-0.05, 0) is 44.0 Å². The van der Waals surface area contributed by atoms with E-state index in [1.54, 1.807) is 25.1 Å². The van der Waals surface area contributed by atoms with Crippen LogP contribution in [0.1, 0.15) is 32.3 Å². The van der Waals surface area contributed by atoms with Crippen molar-refractivity contribution in [2.45, 2.75) is 44.6 Å². The topological polar surface area (TPSA) is 78.5 Å². The Balaban J connectivity index is 0.00000288. The van der Waals surface area contributed by atoms with Crippen LogP contribution < -0.4 is 10.6 Å². The number of nitrogens with one attached hydrogen (secondary N) is 2. The van der Waals surface area contributed by atoms with Crippen LogP contribution in [0.4, 0.5) is 5.69 Å². The minimum atomic E-state index is -3.54. The summed E-state index contributed by atoms with van der Waals surface area (Å²) in [7, 11) is -3.54. The molecule has 0 bridgehead atoms. The number of carbonyl (C=O) groups excluding carboxylic acids is 1. The fraction of sp³-hybridized carbons (Fsp3) is 0.562. The van der Waals surface area contributed by atoms with Gasteiger partial charge in [0.15, 0.2) is 0 Å². The number of amides is 1. The molecule has 1 aliphatic heterocycles. The van der Waals surface area contributed by atoms with Gasteiger partial charge in [0.1, 0.15) is 0 Å². The molecule has 1 unspecified atom stereocenters. The molecule has 1 heterocycles. The summed E-state index contributed by atoms with van der Waals surface area (Å²) in [6.07, 6.45) is 1.79. The van der Waals surface area contributed by atoms with Gasteiger partial charge in [-0.2, -0.15) is 4.31 Å². The molecule has 0 spiro atoms. The molecular weight excluding hydrogens is 350 g/mol. The minimum Gasteiger partial charge on any atom is -0.325 e. The average molecular weight is 376 g/mol.